The number of nitrogens with zero attached hydrogens (tertiary/aromatic N) is 1. The molecule has 1 saturated heterocycles. The Morgan fingerprint density at radius 3 is 1.07 bits per heavy atom. The lowest BCUT2D eigenvalue weighted by molar-refractivity contribution is -0.144. The van der Waals surface area contributed by atoms with E-state index in [1.807, 2.05) is 5.32 Å². The van der Waals surface area contributed by atoms with Crippen LogP contribution in [0.15, 0.2) is 0 Å². The first kappa shape index (κ1) is 132. The molecule has 0 aromatic rings. The molecule has 63 heteroatoms. The number of hydrogen-bond acceptors (Lipinski definition) is 32. The Morgan fingerprint density at radius 2 is 0.673 bits per heavy atom. The van der Waals surface area contributed by atoms with Crippen molar-refractivity contribution in [1.29, 1.82) is 10.8 Å². The number of nitrogens with two attached hydrogens (primary N) is 6. The molecule has 21 amide bonds. The van der Waals surface area contributed by atoms with Gasteiger partial charge in [-0.05, 0) is 101 Å². The van der Waals surface area contributed by atoms with Crippen molar-refractivity contribution in [3.63, 3.8) is 0 Å². The molecule has 0 aromatic heterocycles. The Balaban J connectivity index is 3.64. The normalized spacial score (nSPS) is 15.8. The van der Waals surface area contributed by atoms with Crippen molar-refractivity contribution in [3.05, 3.63) is 0 Å². The standard InChI is InChI=1S/C87H144N28O35/c1-10-39(7)66(83(147)106-47(20-24-61(124)125)72(136)109-52(33-64(130)131)78(142)108-49(29-37(3)4)79(143)114-67(85(149)150)40(8)11-2)113-75(139)48(21-25-62(126)127)101-68(132)41(9)99-76(140)50(30-57(90)119)100-59(121)34-98-81(145)55-17-14-28-115(55)84(148)53(31-58(91)120)110-71(135)43(15-12-26-96-86(92)93)102-80(144)54(36-117)111-73(137)46(19-23-60(122)123)103-70(134)44(16-13-27-97-87(94)95)105-82(146)65(38(5)6)112-74(138)45(18-22-56(89)118)104-77(141)51(32-63(128)129)107-69(133)42(88)35-116/h37-55,65-67,116-117H,10-36,88H2,1-9H3,(H2,89,118)(H2,90,119)(H2,91,120)(H,98,145)(H,99,140)(H,100,121)(H,101,132)(H,102,144)(H,103,134)(H,104,141)(H,105,146)(H,106,147)(H,107,133)(H,108,142)(H,109,136)(H,110,135)(H,111,137)(H,112,138)(H,113,139)(H,114,143)(H,122,123)(H,124,125)(H,126,127)(H,128,129)(H,130,131)(H,149,150)(H4,92,93,96)(H4,94,95,97)/t39-,40-,41-,42-,43-,44-,45-,46-,47-,48-,49-,50-,51-,52-,53-,54-,55-,65-,66-,67-/m0/s1. The first-order chi connectivity index (χ1) is 70.0. The van der Waals surface area contributed by atoms with Crippen molar-refractivity contribution in [3.8, 4) is 0 Å². The molecule has 0 radical (unpaired) electrons. The number of primary amides is 3. The van der Waals surface area contributed by atoms with Crippen LogP contribution in [0.4, 0.5) is 0 Å². The van der Waals surface area contributed by atoms with Gasteiger partial charge in [0, 0.05) is 45.3 Å². The van der Waals surface area contributed by atoms with E-state index in [1.165, 1.54) is 27.7 Å². The second-order valence-corrected chi connectivity index (χ2v) is 36.1. The van der Waals surface area contributed by atoms with E-state index in [1.54, 1.807) is 27.7 Å². The van der Waals surface area contributed by atoms with Gasteiger partial charge >= 0.3 is 35.8 Å². The third-order valence-corrected chi connectivity index (χ3v) is 23.0. The molecule has 1 aliphatic heterocycles. The predicted molar refractivity (Wildman–Crippen MR) is 517 cm³/mol. The van der Waals surface area contributed by atoms with E-state index < -0.39 is 408 Å². The van der Waals surface area contributed by atoms with Crippen molar-refractivity contribution in [2.45, 2.75) is 306 Å². The topological polar surface area (TPSA) is 1060 Å². The molecule has 20 atom stereocenters. The van der Waals surface area contributed by atoms with Gasteiger partial charge in [0.05, 0.1) is 45.4 Å². The zero-order valence-electron chi connectivity index (χ0n) is 84.3. The van der Waals surface area contributed by atoms with Crippen molar-refractivity contribution in [1.82, 2.24) is 106 Å². The third kappa shape index (κ3) is 50.0. The van der Waals surface area contributed by atoms with Gasteiger partial charge in [-0.1, -0.05) is 68.2 Å². The summed E-state index contributed by atoms with van der Waals surface area (Å²) < 4.78 is 0. The lowest BCUT2D eigenvalue weighted by Gasteiger charge is -2.30. The molecule has 0 spiro atoms. The van der Waals surface area contributed by atoms with Crippen molar-refractivity contribution in [2.75, 3.05) is 39.4 Å². The van der Waals surface area contributed by atoms with Crippen LogP contribution in [0, 0.1) is 34.5 Å². The summed E-state index contributed by atoms with van der Waals surface area (Å²) in [6.07, 6.45) is -11.6. The molecular weight excluding hydrogens is 2000 g/mol. The Labute approximate surface area is 858 Å². The smallest absolute Gasteiger partial charge is 0.326 e. The van der Waals surface area contributed by atoms with E-state index >= 15 is 0 Å². The minimum Gasteiger partial charge on any atom is -0.481 e. The summed E-state index contributed by atoms with van der Waals surface area (Å²) in [4.78, 5) is 362. The first-order valence-electron chi connectivity index (χ1n) is 47.8. The number of carboxylic acids is 6. The van der Waals surface area contributed by atoms with E-state index in [0.717, 1.165) is 11.8 Å². The Morgan fingerprint density at radius 1 is 0.340 bits per heavy atom. The molecule has 0 unspecified atom stereocenters. The number of carbonyl (C=O) groups is 27. The highest BCUT2D eigenvalue weighted by atomic mass is 16.4. The van der Waals surface area contributed by atoms with Gasteiger partial charge in [0.25, 0.3) is 0 Å². The minimum absolute atomic E-state index is 0.0275. The number of carbonyl (C=O) groups excluding carboxylic acids is 21. The van der Waals surface area contributed by atoms with Gasteiger partial charge in [-0.2, -0.15) is 0 Å². The van der Waals surface area contributed by atoms with Crippen LogP contribution in [0.1, 0.15) is 197 Å². The summed E-state index contributed by atoms with van der Waals surface area (Å²) >= 11 is 0. The number of aliphatic carboxylic acids is 6. The molecule has 0 aromatic carbocycles. The van der Waals surface area contributed by atoms with Crippen LogP contribution in [0.3, 0.4) is 0 Å². The van der Waals surface area contributed by atoms with Crippen LogP contribution in [-0.2, 0) is 129 Å². The molecule has 0 aliphatic carbocycles. The van der Waals surface area contributed by atoms with Crippen LogP contribution in [-0.4, -0.2) is 366 Å². The summed E-state index contributed by atoms with van der Waals surface area (Å²) in [5.74, 6) is -39.3. The van der Waals surface area contributed by atoms with Gasteiger partial charge in [-0.25, -0.2) is 4.79 Å². The van der Waals surface area contributed by atoms with Gasteiger partial charge in [-0.3, -0.25) is 135 Å². The number of carboxylic acid groups (broad SMARTS) is 6. The summed E-state index contributed by atoms with van der Waals surface area (Å²) in [5, 5.41) is 137. The van der Waals surface area contributed by atoms with E-state index in [2.05, 4.69) is 95.7 Å². The summed E-state index contributed by atoms with van der Waals surface area (Å²) in [7, 11) is 0. The highest BCUT2D eigenvalue weighted by molar-refractivity contribution is 6.04. The average Bonchev–Trinajstić information content (AvgIpc) is 1.69. The van der Waals surface area contributed by atoms with Crippen LogP contribution < -0.4 is 135 Å². The van der Waals surface area contributed by atoms with Crippen LogP contribution >= 0.6 is 0 Å². The largest absolute Gasteiger partial charge is 0.481 e. The fourth-order valence-corrected chi connectivity index (χ4v) is 14.4. The molecule has 1 rings (SSSR count). The Bertz CT molecular complexity index is 4810. The molecule has 0 bridgehead atoms. The van der Waals surface area contributed by atoms with Gasteiger partial charge in [0.15, 0.2) is 11.9 Å². The maximum Gasteiger partial charge on any atom is 0.326 e. The maximum atomic E-state index is 14.6. The quantitative estimate of drug-likeness (QED) is 0.0153. The zero-order valence-corrected chi connectivity index (χ0v) is 84.3. The number of aliphatic hydroxyl groups excluding tert-OH is 2. The van der Waals surface area contributed by atoms with E-state index in [9.17, 15) is 170 Å². The third-order valence-electron chi connectivity index (χ3n) is 23.0. The summed E-state index contributed by atoms with van der Waals surface area (Å²) in [6.45, 7) is 9.22. The number of aliphatic hydroxyl groups is 2. The lowest BCUT2D eigenvalue weighted by Crippen LogP contribution is -2.61. The minimum atomic E-state index is -2.14. The maximum absolute atomic E-state index is 14.6. The van der Waals surface area contributed by atoms with Crippen molar-refractivity contribution < 1.29 is 170 Å². The monoisotopic (exact) mass is 2140 g/mol. The summed E-state index contributed by atoms with van der Waals surface area (Å²) in [6, 6.07) is -32.8. The molecule has 41 N–H and O–H groups in total. The molecule has 1 fully saturated rings. The number of hydrogen-bond donors (Lipinski definition) is 35. The number of amides is 21. The molecule has 0 saturated carbocycles. The highest BCUT2D eigenvalue weighted by Crippen LogP contribution is 2.22. The number of likely N-dealkylation sites (tertiary alicyclic amines) is 1. The molecule has 1 heterocycles. The molecule has 1 aliphatic rings. The number of rotatable bonds is 73. The highest BCUT2D eigenvalue weighted by Gasteiger charge is 2.44. The van der Waals surface area contributed by atoms with Crippen molar-refractivity contribution in [2.24, 2.45) is 58.1 Å². The Hall–Kier alpha value is -15.9. The van der Waals surface area contributed by atoms with Crippen LogP contribution in [0.5, 0.6) is 0 Å². The van der Waals surface area contributed by atoms with Gasteiger partial charge in [0.1, 0.15) is 109 Å². The predicted octanol–water partition coefficient (Wildman–Crippen LogP) is -13.9. The van der Waals surface area contributed by atoms with Gasteiger partial charge in [-0.15, -0.1) is 0 Å². The second-order valence-electron chi connectivity index (χ2n) is 36.1. The summed E-state index contributed by atoms with van der Waals surface area (Å²) in [5.41, 5.74) is 32.7. The van der Waals surface area contributed by atoms with E-state index in [-0.39, 0.29) is 64.1 Å². The molecular formula is C87H144N28O35. The van der Waals surface area contributed by atoms with Gasteiger partial charge < -0.3 is 181 Å². The molecule has 150 heavy (non-hydrogen) atoms. The fraction of sp³-hybridized carbons (Fsp3) is 0.667. The van der Waals surface area contributed by atoms with E-state index in [4.69, 9.17) is 45.2 Å². The number of nitrogens with one attached hydrogen (secondary N) is 21. The number of guanidine groups is 2. The fourth-order valence-electron chi connectivity index (χ4n) is 14.4. The van der Waals surface area contributed by atoms with E-state index in [0.29, 0.717) is 6.42 Å². The molecule has 842 valence electrons. The molecule has 63 nitrogen and oxygen atoms in total. The second kappa shape index (κ2) is 67.1. The van der Waals surface area contributed by atoms with Crippen LogP contribution in [0.25, 0.3) is 0 Å². The SMILES string of the molecule is CC[C@H](C)[C@H](NC(=O)[C@H](CC(C)C)NC(=O)[C@H](CC(=O)O)NC(=O)[C@H](CCC(=O)O)NC(=O)[C@@H](NC(=O)[C@H](CCC(=O)O)NC(=O)[C@H](C)NC(=O)[C@H](CC(N)=O)NC(=O)CNC(=O)[C@@H]1CCCN1C(=O)[C@H](CC(N)=O)NC(=O)[C@H](CCCNC(=N)N)NC(=O)[C@H](CO)NC(=O)[C@H](CCC(=O)O)NC(=O)[C@H](CCCNC(=N)N)NC(=O)[C@@H](NC(=O)[C@H](CCC(N)=O)NC(=O)[C@H](CC(=O)O)NC(=O)[C@@H](N)CO)C(C)C)[C@@H](C)CC)C(=O)O. The zero-order chi connectivity index (χ0) is 115. The lowest BCUT2D eigenvalue weighted by atomic mass is 9.96. The average molecular weight is 2140 g/mol. The Kier molecular flexibility index (Phi) is 59.1. The van der Waals surface area contributed by atoms with Crippen LogP contribution in [0.2, 0.25) is 0 Å². The van der Waals surface area contributed by atoms with Crippen molar-refractivity contribution >= 4 is 172 Å². The van der Waals surface area contributed by atoms with Gasteiger partial charge in [0.2, 0.25) is 124 Å². The first-order valence-corrected chi connectivity index (χ1v) is 47.8.